The number of hydrogen-bond donors (Lipinski definition) is 1. The number of hydrogen-bond acceptors (Lipinski definition) is 3. The van der Waals surface area contributed by atoms with Crippen molar-refractivity contribution in [2.75, 3.05) is 0 Å². The van der Waals surface area contributed by atoms with E-state index in [4.69, 9.17) is 16.0 Å². The van der Waals surface area contributed by atoms with Crippen LogP contribution >= 0.6 is 27.5 Å². The summed E-state index contributed by atoms with van der Waals surface area (Å²) in [4.78, 5) is 13.0. The molecular weight excluding hydrogens is 440 g/mol. The summed E-state index contributed by atoms with van der Waals surface area (Å²) in [5, 5.41) is 13.0. The Hall–Kier alpha value is -2.30. The molecule has 1 N–H and O–H groups in total. The average Bonchev–Trinajstić information content (AvgIpc) is 3.07. The van der Waals surface area contributed by atoms with Crippen LogP contribution in [0.4, 0.5) is 0 Å². The van der Waals surface area contributed by atoms with Crippen molar-refractivity contribution in [3.63, 3.8) is 0 Å². The molecular formula is C23H18BrClO3. The molecule has 0 aliphatic carbocycles. The number of carbonyl (C=O) groups excluding carboxylic acids is 1. The maximum atomic E-state index is 13.0. The van der Waals surface area contributed by atoms with E-state index in [0.29, 0.717) is 32.8 Å². The highest BCUT2D eigenvalue weighted by atomic mass is 79.9. The third-order valence-electron chi connectivity index (χ3n) is 4.88. The van der Waals surface area contributed by atoms with Crippen LogP contribution in [0.5, 0.6) is 5.75 Å². The monoisotopic (exact) mass is 456 g/mol. The van der Waals surface area contributed by atoms with Gasteiger partial charge in [0.25, 0.3) is 0 Å². The number of rotatable bonds is 5. The quantitative estimate of drug-likeness (QED) is 0.312. The second kappa shape index (κ2) is 7.61. The molecule has 0 aliphatic heterocycles. The molecule has 1 aromatic heterocycles. The molecule has 0 amide bonds. The predicted molar refractivity (Wildman–Crippen MR) is 117 cm³/mol. The number of furan rings is 1. The van der Waals surface area contributed by atoms with Crippen LogP contribution in [0.15, 0.2) is 57.4 Å². The Labute approximate surface area is 176 Å². The lowest BCUT2D eigenvalue weighted by Gasteiger charge is -2.07. The second-order valence-electron chi connectivity index (χ2n) is 6.81. The van der Waals surface area contributed by atoms with E-state index >= 15 is 0 Å². The van der Waals surface area contributed by atoms with E-state index in [2.05, 4.69) is 22.9 Å². The smallest absolute Gasteiger partial charge is 0.167 e. The Balaban J connectivity index is 1.93. The van der Waals surface area contributed by atoms with Gasteiger partial charge in [0.15, 0.2) is 5.78 Å². The summed E-state index contributed by atoms with van der Waals surface area (Å²) in [5.74, 6) is 0.809. The lowest BCUT2D eigenvalue weighted by atomic mass is 9.97. The lowest BCUT2D eigenvalue weighted by molar-refractivity contribution is 0.0981. The molecule has 0 atom stereocenters. The highest BCUT2D eigenvalue weighted by Gasteiger charge is 2.22. The molecule has 0 aliphatic rings. The summed E-state index contributed by atoms with van der Waals surface area (Å²) in [5.41, 5.74) is 2.05. The zero-order chi connectivity index (χ0) is 19.8. The maximum Gasteiger partial charge on any atom is 0.167 e. The fourth-order valence-electron chi connectivity index (χ4n) is 3.43. The number of phenols is 1. The number of Topliss-reactive ketones (excluding diaryl/α,β-unsaturated/α-hetero) is 1. The molecule has 0 bridgehead atoms. The normalized spacial score (nSPS) is 11.4. The van der Waals surface area contributed by atoms with E-state index in [1.54, 1.807) is 24.3 Å². The van der Waals surface area contributed by atoms with Gasteiger partial charge in [0.2, 0.25) is 0 Å². The minimum Gasteiger partial charge on any atom is -0.507 e. The Kier molecular flexibility index (Phi) is 5.17. The number of aromatic hydroxyl groups is 1. The SMILES string of the molecule is CCCCC(=O)c1c(-c2ccc3c(Br)c(O)ccc3c2)oc2ccc(Cl)cc12. The van der Waals surface area contributed by atoms with Crippen molar-refractivity contribution < 1.29 is 14.3 Å². The molecule has 1 heterocycles. The second-order valence-corrected chi connectivity index (χ2v) is 8.04. The van der Waals surface area contributed by atoms with Gasteiger partial charge in [0, 0.05) is 22.4 Å². The van der Waals surface area contributed by atoms with Gasteiger partial charge in [-0.05, 0) is 63.5 Å². The van der Waals surface area contributed by atoms with Crippen LogP contribution < -0.4 is 0 Å². The topological polar surface area (TPSA) is 50.4 Å². The van der Waals surface area contributed by atoms with E-state index in [-0.39, 0.29) is 11.5 Å². The maximum absolute atomic E-state index is 13.0. The minimum absolute atomic E-state index is 0.0600. The Morgan fingerprint density at radius 3 is 2.71 bits per heavy atom. The Morgan fingerprint density at radius 1 is 1.11 bits per heavy atom. The van der Waals surface area contributed by atoms with Crippen LogP contribution in [0.3, 0.4) is 0 Å². The van der Waals surface area contributed by atoms with Gasteiger partial charge >= 0.3 is 0 Å². The number of fused-ring (bicyclic) bond motifs is 2. The number of halogens is 2. The van der Waals surface area contributed by atoms with Crippen molar-refractivity contribution in [1.29, 1.82) is 0 Å². The van der Waals surface area contributed by atoms with Gasteiger partial charge in [-0.1, -0.05) is 43.1 Å². The molecule has 0 saturated carbocycles. The Morgan fingerprint density at radius 2 is 1.93 bits per heavy atom. The van der Waals surface area contributed by atoms with Crippen molar-refractivity contribution in [3.8, 4) is 17.1 Å². The lowest BCUT2D eigenvalue weighted by Crippen LogP contribution is -2.00. The number of ketones is 1. The fourth-order valence-corrected chi connectivity index (χ4v) is 4.10. The zero-order valence-electron chi connectivity index (χ0n) is 15.3. The number of unbranched alkanes of at least 4 members (excludes halogenated alkanes) is 1. The third-order valence-corrected chi connectivity index (χ3v) is 5.95. The molecule has 3 nitrogen and oxygen atoms in total. The van der Waals surface area contributed by atoms with Crippen molar-refractivity contribution in [2.45, 2.75) is 26.2 Å². The van der Waals surface area contributed by atoms with Gasteiger partial charge in [-0.3, -0.25) is 4.79 Å². The van der Waals surface area contributed by atoms with Crippen molar-refractivity contribution in [2.24, 2.45) is 0 Å². The Bertz CT molecular complexity index is 1210. The number of benzene rings is 3. The van der Waals surface area contributed by atoms with E-state index in [9.17, 15) is 9.90 Å². The summed E-state index contributed by atoms with van der Waals surface area (Å²) >= 11 is 9.61. The van der Waals surface area contributed by atoms with Crippen LogP contribution in [0.2, 0.25) is 5.02 Å². The van der Waals surface area contributed by atoms with Crippen LogP contribution in [0, 0.1) is 0 Å². The van der Waals surface area contributed by atoms with Gasteiger partial charge in [-0.2, -0.15) is 0 Å². The molecule has 0 spiro atoms. The fraction of sp³-hybridized carbons (Fsp3) is 0.174. The number of phenolic OH excluding ortho intramolecular Hbond substituents is 1. The van der Waals surface area contributed by atoms with E-state index in [1.165, 1.54) is 0 Å². The van der Waals surface area contributed by atoms with Gasteiger partial charge in [0.1, 0.15) is 17.1 Å². The summed E-state index contributed by atoms with van der Waals surface area (Å²) in [7, 11) is 0. The molecule has 4 rings (SSSR count). The average molecular weight is 458 g/mol. The standard InChI is InChI=1S/C23H18BrClO3/c1-2-3-4-18(26)21-17-12-15(25)7-10-20(17)28-23(21)14-5-8-16-13(11-14)6-9-19(27)22(16)24/h5-12,27H,2-4H2,1H3. The highest BCUT2D eigenvalue weighted by molar-refractivity contribution is 9.10. The first-order valence-corrected chi connectivity index (χ1v) is 10.3. The van der Waals surface area contributed by atoms with Crippen LogP contribution in [0.1, 0.15) is 36.5 Å². The first-order chi connectivity index (χ1) is 13.5. The highest BCUT2D eigenvalue weighted by Crippen LogP contribution is 2.39. The molecule has 0 fully saturated rings. The van der Waals surface area contributed by atoms with E-state index in [0.717, 1.165) is 34.6 Å². The van der Waals surface area contributed by atoms with Gasteiger partial charge < -0.3 is 9.52 Å². The summed E-state index contributed by atoms with van der Waals surface area (Å²) in [6.45, 7) is 2.06. The van der Waals surface area contributed by atoms with E-state index < -0.39 is 0 Å². The summed E-state index contributed by atoms with van der Waals surface area (Å²) in [6.07, 6.45) is 2.25. The molecule has 0 radical (unpaired) electrons. The van der Waals surface area contributed by atoms with Crippen molar-refractivity contribution in [1.82, 2.24) is 0 Å². The first kappa shape index (κ1) is 19.0. The molecule has 5 heteroatoms. The molecule has 3 aromatic carbocycles. The molecule has 28 heavy (non-hydrogen) atoms. The minimum atomic E-state index is 0.0600. The van der Waals surface area contributed by atoms with Crippen molar-refractivity contribution >= 4 is 55.1 Å². The van der Waals surface area contributed by atoms with Crippen molar-refractivity contribution in [3.05, 3.63) is 63.6 Å². The zero-order valence-corrected chi connectivity index (χ0v) is 17.6. The first-order valence-electron chi connectivity index (χ1n) is 9.16. The predicted octanol–water partition coefficient (Wildman–Crippen LogP) is 7.75. The van der Waals surface area contributed by atoms with Crippen LogP contribution in [-0.4, -0.2) is 10.9 Å². The molecule has 0 unspecified atom stereocenters. The van der Waals surface area contributed by atoms with Gasteiger partial charge in [-0.25, -0.2) is 0 Å². The summed E-state index contributed by atoms with van der Waals surface area (Å²) in [6, 6.07) is 14.6. The summed E-state index contributed by atoms with van der Waals surface area (Å²) < 4.78 is 6.75. The van der Waals surface area contributed by atoms with Gasteiger partial charge in [0.05, 0.1) is 10.0 Å². The molecule has 4 aromatic rings. The molecule has 0 saturated heterocycles. The van der Waals surface area contributed by atoms with E-state index in [1.807, 2.05) is 24.3 Å². The van der Waals surface area contributed by atoms with Crippen LogP contribution in [0.25, 0.3) is 33.1 Å². The van der Waals surface area contributed by atoms with Gasteiger partial charge in [-0.15, -0.1) is 0 Å². The largest absolute Gasteiger partial charge is 0.507 e. The van der Waals surface area contributed by atoms with Crippen LogP contribution in [-0.2, 0) is 0 Å². The molecule has 142 valence electrons. The third kappa shape index (κ3) is 3.31. The number of carbonyl (C=O) groups is 1.